The number of rotatable bonds is 2. The minimum atomic E-state index is 0. The van der Waals surface area contributed by atoms with Crippen LogP contribution in [0.5, 0.6) is 0 Å². The van der Waals surface area contributed by atoms with Crippen LogP contribution >= 0.6 is 0 Å². The second-order valence-corrected chi connectivity index (χ2v) is 0.955. The molecule has 2 nitrogen and oxygen atoms in total. The molecule has 7 heavy (non-hydrogen) atoms. The molecule has 0 saturated carbocycles. The van der Waals surface area contributed by atoms with Crippen LogP contribution in [-0.4, -0.2) is 11.8 Å². The summed E-state index contributed by atoms with van der Waals surface area (Å²) in [4.78, 5) is 9.40. The smallest absolute Gasteiger partial charge is 0.870 e. The maximum absolute atomic E-state index is 9.40. The molecule has 0 spiro atoms. The molecule has 1 N–H and O–H groups in total. The molecule has 0 fully saturated rings. The van der Waals surface area contributed by atoms with Crippen LogP contribution in [-0.2, 0) is 4.79 Å². The number of unbranched alkanes of at least 4 members (excludes halogenated alkanes) is 1. The molecule has 0 aliphatic rings. The predicted molar refractivity (Wildman–Crippen MR) is 22.9 cm³/mol. The summed E-state index contributed by atoms with van der Waals surface area (Å²) < 4.78 is 0. The van der Waals surface area contributed by atoms with E-state index in [4.69, 9.17) is 0 Å². The fourth-order valence-electron chi connectivity index (χ4n) is 0.118. The number of carbonyl (C=O) groups is 1. The van der Waals surface area contributed by atoms with Crippen molar-refractivity contribution in [3.05, 3.63) is 0 Å². The van der Waals surface area contributed by atoms with Gasteiger partial charge in [0.2, 0.25) is 0 Å². The third-order valence-corrected chi connectivity index (χ3v) is 0.407. The van der Waals surface area contributed by atoms with Crippen LogP contribution in [0.25, 0.3) is 0 Å². The zero-order valence-electron chi connectivity index (χ0n) is 4.85. The first kappa shape index (κ1) is 15.6. The minimum absolute atomic E-state index is 0. The molecule has 0 unspecified atom stereocenters. The summed E-state index contributed by atoms with van der Waals surface area (Å²) in [6, 6.07) is 0. The van der Waals surface area contributed by atoms with Crippen molar-refractivity contribution < 1.29 is 39.8 Å². The average molecular weight is 112 g/mol. The third-order valence-electron chi connectivity index (χ3n) is 0.407. The molecule has 0 amide bonds. The largest absolute Gasteiger partial charge is 1.00 e. The van der Waals surface area contributed by atoms with Crippen molar-refractivity contribution in [3.63, 3.8) is 0 Å². The first-order valence-electron chi connectivity index (χ1n) is 1.85. The van der Waals surface area contributed by atoms with Gasteiger partial charge in [-0.15, -0.1) is 0 Å². The van der Waals surface area contributed by atoms with Crippen molar-refractivity contribution in [3.8, 4) is 0 Å². The van der Waals surface area contributed by atoms with Gasteiger partial charge in [-0.3, -0.25) is 0 Å². The van der Waals surface area contributed by atoms with Crippen molar-refractivity contribution in [1.82, 2.24) is 0 Å². The van der Waals surface area contributed by atoms with E-state index >= 15 is 0 Å². The number of hydrogen-bond acceptors (Lipinski definition) is 2. The Morgan fingerprint density at radius 1 is 1.57 bits per heavy atom. The van der Waals surface area contributed by atoms with Gasteiger partial charge in [-0.05, 0) is 6.42 Å². The van der Waals surface area contributed by atoms with E-state index in [1.165, 1.54) is 0 Å². The first-order chi connectivity index (χ1) is 2.41. The summed E-state index contributed by atoms with van der Waals surface area (Å²) >= 11 is 0. The molecule has 0 aliphatic carbocycles. The van der Waals surface area contributed by atoms with Gasteiger partial charge in [0.25, 0.3) is 0 Å². The van der Waals surface area contributed by atoms with Crippen LogP contribution in [0.1, 0.15) is 19.8 Å². The van der Waals surface area contributed by atoms with Crippen molar-refractivity contribution in [2.45, 2.75) is 19.8 Å². The van der Waals surface area contributed by atoms with Crippen molar-refractivity contribution in [2.75, 3.05) is 0 Å². The van der Waals surface area contributed by atoms with E-state index in [0.29, 0.717) is 6.42 Å². The molecule has 0 saturated heterocycles. The van der Waals surface area contributed by atoms with Gasteiger partial charge in [-0.1, -0.05) is 6.92 Å². The van der Waals surface area contributed by atoms with Crippen LogP contribution in [0.3, 0.4) is 0 Å². The minimum Gasteiger partial charge on any atom is -0.870 e. The van der Waals surface area contributed by atoms with Crippen LogP contribution in [0.4, 0.5) is 0 Å². The quantitative estimate of drug-likeness (QED) is 0.301. The number of carbonyl (C=O) groups excluding carboxylic acids is 1. The Hall–Kier alpha value is 0.630. The molecule has 0 rings (SSSR count). The van der Waals surface area contributed by atoms with E-state index < -0.39 is 0 Å². The maximum Gasteiger partial charge on any atom is 1.00 e. The van der Waals surface area contributed by atoms with Gasteiger partial charge in [0.15, 0.2) is 0 Å². The van der Waals surface area contributed by atoms with Gasteiger partial charge in [-0.25, -0.2) is 0 Å². The molecular formula is C4H9NaO2. The average Bonchev–Trinajstić information content (AvgIpc) is 1.41. The Morgan fingerprint density at radius 2 is 2.00 bits per heavy atom. The predicted octanol–water partition coefficient (Wildman–Crippen LogP) is -2.19. The second-order valence-electron chi connectivity index (χ2n) is 0.955. The molecular weight excluding hydrogens is 103 g/mol. The summed E-state index contributed by atoms with van der Waals surface area (Å²) in [6.45, 7) is 1.98. The molecule has 0 aliphatic heterocycles. The topological polar surface area (TPSA) is 47.1 Å². The summed E-state index contributed by atoms with van der Waals surface area (Å²) in [7, 11) is 0. The summed E-state index contributed by atoms with van der Waals surface area (Å²) in [5, 5.41) is 0. The molecule has 0 radical (unpaired) electrons. The second kappa shape index (κ2) is 15.9. The van der Waals surface area contributed by atoms with Crippen LogP contribution < -0.4 is 29.6 Å². The van der Waals surface area contributed by atoms with Gasteiger partial charge in [0.05, 0.1) is 0 Å². The van der Waals surface area contributed by atoms with Gasteiger partial charge in [0.1, 0.15) is 6.29 Å². The Kier molecular flexibility index (Phi) is 35.6. The van der Waals surface area contributed by atoms with Gasteiger partial charge < -0.3 is 10.3 Å². The van der Waals surface area contributed by atoms with Crippen molar-refractivity contribution >= 4 is 6.29 Å². The molecule has 0 heterocycles. The van der Waals surface area contributed by atoms with Crippen LogP contribution in [0.2, 0.25) is 0 Å². The zero-order chi connectivity index (χ0) is 4.12. The Morgan fingerprint density at radius 3 is 2.00 bits per heavy atom. The van der Waals surface area contributed by atoms with E-state index in [0.717, 1.165) is 12.7 Å². The fraction of sp³-hybridized carbons (Fsp3) is 0.750. The molecule has 0 aromatic carbocycles. The van der Waals surface area contributed by atoms with E-state index in [1.54, 1.807) is 0 Å². The molecule has 3 heteroatoms. The Balaban J connectivity index is -0.0000000800. The van der Waals surface area contributed by atoms with Crippen LogP contribution in [0, 0.1) is 0 Å². The third kappa shape index (κ3) is 20.5. The van der Waals surface area contributed by atoms with E-state index in [9.17, 15) is 4.79 Å². The van der Waals surface area contributed by atoms with Gasteiger partial charge in [-0.2, -0.15) is 0 Å². The van der Waals surface area contributed by atoms with Crippen LogP contribution in [0.15, 0.2) is 0 Å². The summed E-state index contributed by atoms with van der Waals surface area (Å²) in [5.74, 6) is 0. The standard InChI is InChI=1S/C4H8O.Na.H2O/c1-2-3-4-5;;/h4H,2-3H2,1H3;;1H2/q;+1;/p-1. The SMILES string of the molecule is CCCC=O.[Na+].[OH-]. The number of aldehydes is 1. The zero-order valence-corrected chi connectivity index (χ0v) is 6.85. The summed E-state index contributed by atoms with van der Waals surface area (Å²) in [6.07, 6.45) is 2.61. The molecule has 0 aromatic heterocycles. The monoisotopic (exact) mass is 112 g/mol. The van der Waals surface area contributed by atoms with Crippen molar-refractivity contribution in [1.29, 1.82) is 0 Å². The number of hydrogen-bond donors (Lipinski definition) is 0. The molecule has 38 valence electrons. The summed E-state index contributed by atoms with van der Waals surface area (Å²) in [5.41, 5.74) is 0. The van der Waals surface area contributed by atoms with Gasteiger partial charge >= 0.3 is 29.6 Å². The van der Waals surface area contributed by atoms with E-state index in [2.05, 4.69) is 0 Å². The molecule has 0 atom stereocenters. The van der Waals surface area contributed by atoms with E-state index in [1.807, 2.05) is 6.92 Å². The Labute approximate surface area is 65.9 Å². The maximum atomic E-state index is 9.40. The van der Waals surface area contributed by atoms with E-state index in [-0.39, 0.29) is 35.0 Å². The first-order valence-corrected chi connectivity index (χ1v) is 1.85. The normalized spacial score (nSPS) is 5.29. The fourth-order valence-corrected chi connectivity index (χ4v) is 0.118. The molecule has 0 bridgehead atoms. The van der Waals surface area contributed by atoms with Gasteiger partial charge in [0, 0.05) is 6.42 Å². The Bertz CT molecular complexity index is 30.9. The molecule has 0 aromatic rings. The van der Waals surface area contributed by atoms with Crippen molar-refractivity contribution in [2.24, 2.45) is 0 Å².